The minimum Gasteiger partial charge on any atom is -0.463 e. The molecule has 0 aliphatic heterocycles. The Morgan fingerprint density at radius 3 is 2.32 bits per heavy atom. The molecule has 0 spiro atoms. The quantitative estimate of drug-likeness (QED) is 0.665. The number of esters is 2. The highest BCUT2D eigenvalue weighted by molar-refractivity contribution is 5.88. The van der Waals surface area contributed by atoms with Gasteiger partial charge in [0.05, 0.1) is 5.41 Å². The molecule has 8 unspecified atom stereocenters. The lowest BCUT2D eigenvalue weighted by atomic mass is 9.44. The number of ketones is 1. The van der Waals surface area contributed by atoms with E-state index >= 15 is 0 Å². The first-order chi connectivity index (χ1) is 13.2. The molecule has 0 radical (unpaired) electrons. The van der Waals surface area contributed by atoms with Crippen LogP contribution in [0, 0.1) is 34.5 Å². The van der Waals surface area contributed by atoms with Crippen molar-refractivity contribution in [3.63, 3.8) is 0 Å². The van der Waals surface area contributed by atoms with Crippen LogP contribution >= 0.6 is 0 Å². The molecule has 28 heavy (non-hydrogen) atoms. The second-order valence-corrected chi connectivity index (χ2v) is 10.2. The third-order valence-electron chi connectivity index (χ3n) is 9.05. The van der Waals surface area contributed by atoms with Gasteiger partial charge in [0.2, 0.25) is 0 Å². The number of fused-ring (bicyclic) bond motifs is 5. The molecule has 0 saturated heterocycles. The molecular formula is C23H34O5. The summed E-state index contributed by atoms with van der Waals surface area (Å²) in [4.78, 5) is 36.1. The van der Waals surface area contributed by atoms with Gasteiger partial charge in [-0.05, 0) is 81.0 Å². The fraction of sp³-hybridized carbons (Fsp3) is 0.870. The van der Waals surface area contributed by atoms with Crippen LogP contribution in [0.15, 0.2) is 0 Å². The van der Waals surface area contributed by atoms with E-state index in [-0.39, 0.29) is 35.3 Å². The molecule has 0 aromatic heterocycles. The van der Waals surface area contributed by atoms with Crippen LogP contribution in [0.5, 0.6) is 0 Å². The Morgan fingerprint density at radius 1 is 0.929 bits per heavy atom. The Morgan fingerprint density at radius 2 is 1.64 bits per heavy atom. The third-order valence-corrected chi connectivity index (χ3v) is 9.05. The second-order valence-electron chi connectivity index (χ2n) is 10.2. The summed E-state index contributed by atoms with van der Waals surface area (Å²) in [6, 6.07) is 0. The zero-order valence-electron chi connectivity index (χ0n) is 17.7. The molecule has 5 heteroatoms. The molecule has 156 valence electrons. The Hall–Kier alpha value is -1.39. The van der Waals surface area contributed by atoms with E-state index in [4.69, 9.17) is 9.47 Å². The highest BCUT2D eigenvalue weighted by Gasteiger charge is 2.64. The molecule has 8 atom stereocenters. The van der Waals surface area contributed by atoms with Crippen LogP contribution in [0.1, 0.15) is 79.1 Å². The van der Waals surface area contributed by atoms with Gasteiger partial charge in [-0.1, -0.05) is 6.92 Å². The molecule has 0 N–H and O–H groups in total. The minimum absolute atomic E-state index is 0.0401. The van der Waals surface area contributed by atoms with Gasteiger partial charge in [0.25, 0.3) is 0 Å². The number of carbonyl (C=O) groups is 3. The fourth-order valence-corrected chi connectivity index (χ4v) is 7.65. The highest BCUT2D eigenvalue weighted by Crippen LogP contribution is 2.66. The average Bonchev–Trinajstić information content (AvgIpc) is 2.92. The van der Waals surface area contributed by atoms with Gasteiger partial charge in [-0.25, -0.2) is 0 Å². The van der Waals surface area contributed by atoms with Crippen LogP contribution in [0.4, 0.5) is 0 Å². The van der Waals surface area contributed by atoms with E-state index in [1.54, 1.807) is 0 Å². The van der Waals surface area contributed by atoms with Crippen molar-refractivity contribution in [1.29, 1.82) is 0 Å². The lowest BCUT2D eigenvalue weighted by molar-refractivity contribution is -0.189. The summed E-state index contributed by atoms with van der Waals surface area (Å²) in [6.07, 6.45) is 7.28. The van der Waals surface area contributed by atoms with Crippen LogP contribution in [0.3, 0.4) is 0 Å². The lowest BCUT2D eigenvalue weighted by Gasteiger charge is -2.61. The van der Waals surface area contributed by atoms with Crippen molar-refractivity contribution in [2.75, 3.05) is 0 Å². The van der Waals surface area contributed by atoms with Crippen LogP contribution in [-0.4, -0.2) is 29.9 Å². The Bertz CT molecular complexity index is 686. The molecule has 5 nitrogen and oxygen atoms in total. The van der Waals surface area contributed by atoms with Gasteiger partial charge in [0.15, 0.2) is 0 Å². The van der Waals surface area contributed by atoms with Gasteiger partial charge in [-0.15, -0.1) is 0 Å². The average molecular weight is 391 g/mol. The summed E-state index contributed by atoms with van der Waals surface area (Å²) in [5.41, 5.74) is -0.337. The van der Waals surface area contributed by atoms with E-state index < -0.39 is 5.41 Å². The summed E-state index contributed by atoms with van der Waals surface area (Å²) in [5.74, 6) is 1.69. The standard InChI is InChI=1S/C23H34O5/c1-13(24)27-16-9-10-22(3)15(11-16)5-6-17-18-7-8-20(26)23(18,4)21(12-19(17)22)28-14(2)25/h15-19,21H,5-12H2,1-4H3. The Balaban J connectivity index is 1.62. The Labute approximate surface area is 167 Å². The maximum absolute atomic E-state index is 12.9. The van der Waals surface area contributed by atoms with Gasteiger partial charge in [-0.3, -0.25) is 14.4 Å². The predicted octanol–water partition coefficient (Wildman–Crippen LogP) is 4.07. The number of rotatable bonds is 2. The van der Waals surface area contributed by atoms with Crippen molar-refractivity contribution < 1.29 is 23.9 Å². The maximum Gasteiger partial charge on any atom is 0.302 e. The summed E-state index contributed by atoms with van der Waals surface area (Å²) in [6.45, 7) is 7.42. The van der Waals surface area contributed by atoms with Crippen molar-refractivity contribution in [2.45, 2.75) is 91.3 Å². The molecule has 0 aromatic carbocycles. The number of hydrogen-bond donors (Lipinski definition) is 0. The van der Waals surface area contributed by atoms with E-state index in [1.165, 1.54) is 13.8 Å². The summed E-state index contributed by atoms with van der Waals surface area (Å²) in [5, 5.41) is 0. The number of hydrogen-bond acceptors (Lipinski definition) is 5. The molecule has 0 bridgehead atoms. The third kappa shape index (κ3) is 2.91. The first kappa shape index (κ1) is 19.9. The number of carbonyl (C=O) groups excluding carboxylic acids is 3. The summed E-state index contributed by atoms with van der Waals surface area (Å²) < 4.78 is 11.3. The maximum atomic E-state index is 12.9. The van der Waals surface area contributed by atoms with Crippen LogP contribution in [0.25, 0.3) is 0 Å². The van der Waals surface area contributed by atoms with E-state index in [0.29, 0.717) is 30.1 Å². The predicted molar refractivity (Wildman–Crippen MR) is 103 cm³/mol. The van der Waals surface area contributed by atoms with E-state index in [2.05, 4.69) is 13.8 Å². The van der Waals surface area contributed by atoms with Crippen LogP contribution < -0.4 is 0 Å². The molecular weight excluding hydrogens is 356 g/mol. The van der Waals surface area contributed by atoms with Crippen molar-refractivity contribution >= 4 is 17.7 Å². The summed E-state index contributed by atoms with van der Waals surface area (Å²) >= 11 is 0. The first-order valence-corrected chi connectivity index (χ1v) is 11.0. The van der Waals surface area contributed by atoms with Gasteiger partial charge in [0, 0.05) is 20.3 Å². The molecule has 0 aromatic rings. The summed E-state index contributed by atoms with van der Waals surface area (Å²) in [7, 11) is 0. The highest BCUT2D eigenvalue weighted by atomic mass is 16.5. The van der Waals surface area contributed by atoms with Crippen molar-refractivity contribution in [2.24, 2.45) is 34.5 Å². The van der Waals surface area contributed by atoms with E-state index in [9.17, 15) is 14.4 Å². The van der Waals surface area contributed by atoms with Gasteiger partial charge in [0.1, 0.15) is 18.0 Å². The van der Waals surface area contributed by atoms with Crippen molar-refractivity contribution in [3.8, 4) is 0 Å². The molecule has 4 aliphatic carbocycles. The van der Waals surface area contributed by atoms with Gasteiger partial charge in [-0.2, -0.15) is 0 Å². The molecule has 4 aliphatic rings. The molecule has 0 heterocycles. The zero-order valence-corrected chi connectivity index (χ0v) is 17.7. The molecule has 4 rings (SSSR count). The van der Waals surface area contributed by atoms with Gasteiger partial charge >= 0.3 is 11.9 Å². The Kier molecular flexibility index (Phi) is 4.86. The second kappa shape index (κ2) is 6.84. The molecule has 4 saturated carbocycles. The molecule has 0 amide bonds. The van der Waals surface area contributed by atoms with Crippen molar-refractivity contribution in [1.82, 2.24) is 0 Å². The van der Waals surface area contributed by atoms with Crippen LogP contribution in [-0.2, 0) is 23.9 Å². The lowest BCUT2D eigenvalue weighted by Crippen LogP contribution is -2.59. The monoisotopic (exact) mass is 390 g/mol. The minimum atomic E-state index is -0.509. The SMILES string of the molecule is CC(=O)OC1CCC2(C)C(CCC3C2CC(OC(C)=O)C2(C)C(=O)CCC32)C1. The van der Waals surface area contributed by atoms with Crippen molar-refractivity contribution in [3.05, 3.63) is 0 Å². The van der Waals surface area contributed by atoms with Gasteiger partial charge < -0.3 is 9.47 Å². The van der Waals surface area contributed by atoms with E-state index in [0.717, 1.165) is 44.9 Å². The largest absolute Gasteiger partial charge is 0.463 e. The number of ether oxygens (including phenoxy) is 2. The number of Topliss-reactive ketones (excluding diaryl/α,β-unsaturated/α-hetero) is 1. The normalized spacial score (nSPS) is 47.5. The smallest absolute Gasteiger partial charge is 0.302 e. The van der Waals surface area contributed by atoms with Crippen LogP contribution in [0.2, 0.25) is 0 Å². The fourth-order valence-electron chi connectivity index (χ4n) is 7.65. The molecule has 4 fully saturated rings. The van der Waals surface area contributed by atoms with E-state index in [1.807, 2.05) is 0 Å². The zero-order chi connectivity index (χ0) is 20.3. The first-order valence-electron chi connectivity index (χ1n) is 11.0. The topological polar surface area (TPSA) is 69.7 Å².